The second kappa shape index (κ2) is 6.69. The molecule has 21 heavy (non-hydrogen) atoms. The van der Waals surface area contributed by atoms with Gasteiger partial charge < -0.3 is 14.8 Å². The molecule has 2 atom stereocenters. The molecule has 1 saturated carbocycles. The first-order valence-corrected chi connectivity index (χ1v) is 8.36. The van der Waals surface area contributed by atoms with E-state index in [1.807, 2.05) is 6.07 Å². The zero-order valence-electron chi connectivity index (χ0n) is 13.2. The summed E-state index contributed by atoms with van der Waals surface area (Å²) in [5.74, 6) is 3.38. The molecule has 0 radical (unpaired) electrons. The van der Waals surface area contributed by atoms with Gasteiger partial charge in [-0.05, 0) is 55.3 Å². The first-order valence-electron chi connectivity index (χ1n) is 8.36. The molecule has 1 aliphatic heterocycles. The van der Waals surface area contributed by atoms with Gasteiger partial charge in [0.1, 0.15) is 13.2 Å². The van der Waals surface area contributed by atoms with E-state index in [1.54, 1.807) is 0 Å². The molecule has 1 aromatic rings. The summed E-state index contributed by atoms with van der Waals surface area (Å²) in [5.41, 5.74) is 1.32. The van der Waals surface area contributed by atoms with Gasteiger partial charge in [-0.25, -0.2) is 0 Å². The highest BCUT2D eigenvalue weighted by atomic mass is 16.6. The van der Waals surface area contributed by atoms with Gasteiger partial charge in [0.05, 0.1) is 0 Å². The van der Waals surface area contributed by atoms with Gasteiger partial charge in [0.15, 0.2) is 11.5 Å². The topological polar surface area (TPSA) is 30.5 Å². The molecule has 3 nitrogen and oxygen atoms in total. The lowest BCUT2D eigenvalue weighted by molar-refractivity contribution is 0.171. The highest BCUT2D eigenvalue weighted by Crippen LogP contribution is 2.31. The molecular weight excluding hydrogens is 262 g/mol. The molecule has 2 aliphatic rings. The minimum atomic E-state index is 0.658. The van der Waals surface area contributed by atoms with Crippen molar-refractivity contribution in [3.63, 3.8) is 0 Å². The van der Waals surface area contributed by atoms with E-state index in [1.165, 1.54) is 24.8 Å². The van der Waals surface area contributed by atoms with Crippen molar-refractivity contribution in [3.8, 4) is 11.5 Å². The molecule has 1 aliphatic carbocycles. The molecule has 116 valence electrons. The number of ether oxygens (including phenoxy) is 2. The number of nitrogens with one attached hydrogen (secondary N) is 1. The fourth-order valence-electron chi connectivity index (χ4n) is 3.71. The van der Waals surface area contributed by atoms with Crippen LogP contribution in [0.4, 0.5) is 0 Å². The van der Waals surface area contributed by atoms with E-state index >= 15 is 0 Å². The highest BCUT2D eigenvalue weighted by molar-refractivity contribution is 5.43. The third kappa shape index (κ3) is 3.52. The Morgan fingerprint density at radius 1 is 1.05 bits per heavy atom. The summed E-state index contributed by atoms with van der Waals surface area (Å²) in [6.07, 6.45) is 5.17. The van der Waals surface area contributed by atoms with Crippen LogP contribution in [0.5, 0.6) is 11.5 Å². The minimum absolute atomic E-state index is 0.658. The molecule has 1 aromatic carbocycles. The molecule has 2 unspecified atom stereocenters. The molecule has 3 heteroatoms. The normalized spacial score (nSPS) is 28.4. The van der Waals surface area contributed by atoms with Crippen LogP contribution >= 0.6 is 0 Å². The van der Waals surface area contributed by atoms with Crippen molar-refractivity contribution in [2.24, 2.45) is 11.8 Å². The summed E-state index contributed by atoms with van der Waals surface area (Å²) >= 11 is 0. The quantitative estimate of drug-likeness (QED) is 0.921. The number of fused-ring (bicyclic) bond motifs is 1. The van der Waals surface area contributed by atoms with E-state index in [0.717, 1.165) is 36.3 Å². The number of hydrogen-bond donors (Lipinski definition) is 1. The second-order valence-corrected chi connectivity index (χ2v) is 6.59. The lowest BCUT2D eigenvalue weighted by atomic mass is 9.78. The van der Waals surface area contributed by atoms with E-state index in [9.17, 15) is 0 Å². The number of hydrogen-bond acceptors (Lipinski definition) is 3. The second-order valence-electron chi connectivity index (χ2n) is 6.59. The Morgan fingerprint density at radius 3 is 2.52 bits per heavy atom. The Balaban J connectivity index is 1.53. The van der Waals surface area contributed by atoms with Gasteiger partial charge in [0.25, 0.3) is 0 Å². The average Bonchev–Trinajstić information content (AvgIpc) is 2.50. The maximum absolute atomic E-state index is 5.65. The fourth-order valence-corrected chi connectivity index (χ4v) is 3.71. The molecule has 3 rings (SSSR count). The van der Waals surface area contributed by atoms with Gasteiger partial charge in [-0.3, -0.25) is 0 Å². The van der Waals surface area contributed by atoms with Crippen molar-refractivity contribution in [1.82, 2.24) is 5.32 Å². The summed E-state index contributed by atoms with van der Waals surface area (Å²) in [5, 5.41) is 3.78. The van der Waals surface area contributed by atoms with Crippen molar-refractivity contribution in [1.29, 1.82) is 0 Å². The summed E-state index contributed by atoms with van der Waals surface area (Å²) in [6.45, 7) is 7.13. The Morgan fingerprint density at radius 2 is 1.76 bits per heavy atom. The molecule has 0 aromatic heterocycles. The largest absolute Gasteiger partial charge is 0.486 e. The standard InChI is InChI=1S/C18H27NO2/c1-13-4-3-5-14(2)18(13)19-9-8-15-6-7-16-17(12-15)21-11-10-20-16/h6-7,12-14,18-19H,3-5,8-11H2,1-2H3. The summed E-state index contributed by atoms with van der Waals surface area (Å²) < 4.78 is 11.2. The Labute approximate surface area is 128 Å². The smallest absolute Gasteiger partial charge is 0.161 e. The number of benzene rings is 1. The number of rotatable bonds is 4. The lowest BCUT2D eigenvalue weighted by Gasteiger charge is -2.35. The molecule has 0 amide bonds. The van der Waals surface area contributed by atoms with E-state index in [0.29, 0.717) is 19.3 Å². The van der Waals surface area contributed by atoms with Gasteiger partial charge in [-0.1, -0.05) is 26.3 Å². The summed E-state index contributed by atoms with van der Waals surface area (Å²) in [4.78, 5) is 0. The van der Waals surface area contributed by atoms with E-state index in [4.69, 9.17) is 9.47 Å². The van der Waals surface area contributed by atoms with Crippen LogP contribution in [0, 0.1) is 11.8 Å². The van der Waals surface area contributed by atoms with E-state index in [-0.39, 0.29) is 0 Å². The minimum Gasteiger partial charge on any atom is -0.486 e. The average molecular weight is 289 g/mol. The fraction of sp³-hybridized carbons (Fsp3) is 0.667. The van der Waals surface area contributed by atoms with Crippen LogP contribution in [0.3, 0.4) is 0 Å². The van der Waals surface area contributed by atoms with Crippen LogP contribution in [0.1, 0.15) is 38.7 Å². The summed E-state index contributed by atoms with van der Waals surface area (Å²) in [6, 6.07) is 7.00. The van der Waals surface area contributed by atoms with Gasteiger partial charge >= 0.3 is 0 Å². The maximum atomic E-state index is 5.65. The highest BCUT2D eigenvalue weighted by Gasteiger charge is 2.26. The van der Waals surface area contributed by atoms with Crippen LogP contribution in [0.2, 0.25) is 0 Å². The van der Waals surface area contributed by atoms with Crippen LogP contribution in [-0.4, -0.2) is 25.8 Å². The van der Waals surface area contributed by atoms with Gasteiger partial charge in [0, 0.05) is 6.04 Å². The van der Waals surface area contributed by atoms with Crippen LogP contribution in [0.25, 0.3) is 0 Å². The van der Waals surface area contributed by atoms with Crippen molar-refractivity contribution in [2.45, 2.75) is 45.6 Å². The SMILES string of the molecule is CC1CCCC(C)C1NCCc1ccc2c(c1)OCCO2. The molecule has 1 heterocycles. The molecule has 0 bridgehead atoms. The van der Waals surface area contributed by atoms with Crippen molar-refractivity contribution in [3.05, 3.63) is 23.8 Å². The summed E-state index contributed by atoms with van der Waals surface area (Å²) in [7, 11) is 0. The Hall–Kier alpha value is -1.22. The van der Waals surface area contributed by atoms with Gasteiger partial charge in [-0.15, -0.1) is 0 Å². The first-order chi connectivity index (χ1) is 10.2. The molecule has 1 N–H and O–H groups in total. The predicted molar refractivity (Wildman–Crippen MR) is 85.1 cm³/mol. The predicted octanol–water partition coefficient (Wildman–Crippen LogP) is 3.41. The Kier molecular flexibility index (Phi) is 4.69. The van der Waals surface area contributed by atoms with Crippen LogP contribution < -0.4 is 14.8 Å². The third-order valence-electron chi connectivity index (χ3n) is 4.95. The zero-order chi connectivity index (χ0) is 14.7. The van der Waals surface area contributed by atoms with E-state index in [2.05, 4.69) is 31.3 Å². The zero-order valence-corrected chi connectivity index (χ0v) is 13.2. The van der Waals surface area contributed by atoms with Crippen LogP contribution in [0.15, 0.2) is 18.2 Å². The van der Waals surface area contributed by atoms with Crippen molar-refractivity contribution >= 4 is 0 Å². The molecule has 0 saturated heterocycles. The molecular formula is C18H27NO2. The molecule has 0 spiro atoms. The molecule has 1 fully saturated rings. The van der Waals surface area contributed by atoms with E-state index < -0.39 is 0 Å². The first kappa shape index (κ1) is 14.7. The van der Waals surface area contributed by atoms with Gasteiger partial charge in [0.2, 0.25) is 0 Å². The monoisotopic (exact) mass is 289 g/mol. The Bertz CT molecular complexity index is 464. The third-order valence-corrected chi connectivity index (χ3v) is 4.95. The van der Waals surface area contributed by atoms with Crippen molar-refractivity contribution < 1.29 is 9.47 Å². The van der Waals surface area contributed by atoms with Crippen molar-refractivity contribution in [2.75, 3.05) is 19.8 Å². The maximum Gasteiger partial charge on any atom is 0.161 e. The van der Waals surface area contributed by atoms with Crippen LogP contribution in [-0.2, 0) is 6.42 Å². The lowest BCUT2D eigenvalue weighted by Crippen LogP contribution is -2.43. The van der Waals surface area contributed by atoms with Gasteiger partial charge in [-0.2, -0.15) is 0 Å².